The molecule has 4 atom stereocenters. The van der Waals surface area contributed by atoms with Crippen LogP contribution in [-0.2, 0) is 116 Å². The Labute approximate surface area is 871 Å². The number of likely N-dealkylation sites (N-methyl/N-ethyl adjacent to an activating group) is 3. The van der Waals surface area contributed by atoms with E-state index in [4.69, 9.17) is 66.7 Å². The van der Waals surface area contributed by atoms with Crippen LogP contribution in [0.15, 0.2) is 96.0 Å². The fraction of sp³-hybridized carbons (Fsp3) is 0.582. The quantitative estimate of drug-likeness (QED) is 0.0135. The number of thiocarbonyl (C=S) groups is 1. The van der Waals surface area contributed by atoms with Gasteiger partial charge in [0.25, 0.3) is 30.1 Å². The average molecular weight is 1980 g/mol. The van der Waals surface area contributed by atoms with Gasteiger partial charge in [-0.3, -0.25) is 58.8 Å². The van der Waals surface area contributed by atoms with Gasteiger partial charge in [0.1, 0.15) is 0 Å². The second kappa shape index (κ2) is 44.4. The van der Waals surface area contributed by atoms with Crippen LogP contribution in [0, 0.1) is 61.7 Å². The number of carbonyl (C=O) groups excluding carboxylic acids is 9. The number of ether oxygens (including phenoxy) is 5. The summed E-state index contributed by atoms with van der Waals surface area (Å²) in [5.74, 6) is 0.557. The summed E-state index contributed by atoms with van der Waals surface area (Å²) in [5, 5.41) is 29.0. The molecule has 9 amide bonds. The number of primary amides is 1. The summed E-state index contributed by atoms with van der Waals surface area (Å²) in [4.78, 5) is 125. The molecule has 14 aliphatic rings. The van der Waals surface area contributed by atoms with Crippen molar-refractivity contribution in [2.45, 2.75) is 274 Å². The molecular formula is C98H133IK2N10O18S. The molecule has 698 valence electrons. The first-order chi connectivity index (χ1) is 60.8. The Balaban J connectivity index is 0.000000193. The van der Waals surface area contributed by atoms with Gasteiger partial charge in [-0.15, -0.1) is 0 Å². The van der Waals surface area contributed by atoms with Crippen molar-refractivity contribution in [3.8, 4) is 0 Å². The fourth-order valence-corrected chi connectivity index (χ4v) is 24.0. The number of amides is 9. The van der Waals surface area contributed by atoms with Crippen molar-refractivity contribution in [2.75, 3.05) is 61.6 Å². The van der Waals surface area contributed by atoms with Crippen LogP contribution >= 0.6 is 34.8 Å². The zero-order valence-corrected chi connectivity index (χ0v) is 88.7. The van der Waals surface area contributed by atoms with E-state index < -0.39 is 27.8 Å². The number of fused-ring (bicyclic) bond motifs is 13. The van der Waals surface area contributed by atoms with Crippen LogP contribution in [0.1, 0.15) is 239 Å². The van der Waals surface area contributed by atoms with Gasteiger partial charge in [0, 0.05) is 89.3 Å². The molecule has 4 aliphatic heterocycles. The number of carbonyl (C=O) groups is 9. The molecule has 5 saturated carbocycles. The monoisotopic (exact) mass is 1970 g/mol. The van der Waals surface area contributed by atoms with Crippen LogP contribution in [0.5, 0.6) is 0 Å². The topological polar surface area (TPSA) is 384 Å². The number of hydrogen-bond acceptors (Lipinski definition) is 21. The van der Waals surface area contributed by atoms with Gasteiger partial charge in [-0.05, 0) is 289 Å². The number of methoxy groups -OCH3 is 5. The molecule has 0 aromatic heterocycles. The van der Waals surface area contributed by atoms with Crippen molar-refractivity contribution in [2.24, 2.45) is 43.5 Å². The van der Waals surface area contributed by atoms with Crippen LogP contribution in [0.4, 0.5) is 9.59 Å². The predicted molar refractivity (Wildman–Crippen MR) is 497 cm³/mol. The summed E-state index contributed by atoms with van der Waals surface area (Å²) in [5.41, 5.74) is 22.7. The maximum Gasteiger partial charge on any atom is 1.00 e. The molecule has 130 heavy (non-hydrogen) atoms. The number of benzene rings is 5. The molecule has 8 fully saturated rings. The number of nitrogens with one attached hydrogen (secondary N) is 4. The molecule has 5 aromatic carbocycles. The SMILES string of the molecule is CC(C)(C)OO.CI.COC1CCC2(CC1)Cc1ccc(C)cc1C21N=C(N)N(C)C1=O.COC1CCC2(CC1)Cc1ccc(C)cc1C21NC(=O)N(C)C1=O.COC1CCC2(CC1)Cc1ccc(C)cc1C21NC(=O)NC1=O.COC1CCC2(CC1)Cc1ccc(C)cc1C21NC(=S)N(C)C1=O.COC1CCC2(CC1)Cc1ccc(C)cc1C2=O.NC=O.O=CO[O-].[H-].[K+].[K+]. The van der Waals surface area contributed by atoms with Crippen LogP contribution in [0.25, 0.3) is 0 Å². The molecule has 3 saturated heterocycles. The van der Waals surface area contributed by atoms with Gasteiger partial charge < -0.3 is 62.7 Å². The summed E-state index contributed by atoms with van der Waals surface area (Å²) in [7, 11) is 13.9. The first-order valence-corrected chi connectivity index (χ1v) is 47.2. The van der Waals surface area contributed by atoms with Crippen molar-refractivity contribution < 1.29 is 191 Å². The smallest absolute Gasteiger partial charge is 1.00 e. The standard InChI is InChI=1S/C19H25N3O2.C19H24N2O3.C19H24N2O2S.C18H22N2O3.C16H20O2.C4H10O2.CH3I.CH3NO.CH2O3.2K.H/c1-12-4-5-13-11-18(8-6-14(24-3)7-9-18)19(15(13)10-12)16(23)22(2)17(20)21-19;1-12-4-5-13-11-18(8-6-14(24-3)7-9-18)19(15(13)10-12)16(22)21(2)17(23)20-19;1-12-4-5-13-11-18(8-6-14(23-3)7-9-18)19(15(13)10-12)16(22)21(2)17(24)20-19;1-11-3-4-12-10-17(7-5-13(23-2)6-8-17)18(14(12)9-11)15(21)19-16(22)20-18;1-11-3-4-12-10-16(15(17)14(12)9-11)7-5-13(18-2)6-8-16;1-4(2,3)6-5;1-2;2-1-3;2-1-4-3;;;/h4-5,10,14H,6-9,11H2,1-3H3,(H2,20,21);4-5,10,14H,6-9,11H2,1-3H3,(H,20,23);4-5,10,14H,6-9,11H2,1-3H3,(H,20,24);3-4,9,13H,5-8,10H2,1-2H3,(H2,19,20,21,22);3-4,9,13H,5-8,10H2,1-2H3;5H,1-3H3;1H3;1H,(H2,2,3);1,3H;;;/q;;;;;;;;;2*+1;-1/p-1. The Morgan fingerprint density at radius 2 is 0.800 bits per heavy atom. The third kappa shape index (κ3) is 20.1. The van der Waals surface area contributed by atoms with Gasteiger partial charge in [-0.2, -0.15) is 0 Å². The number of nitrogens with two attached hydrogens (primary N) is 2. The van der Waals surface area contributed by atoms with Crippen molar-refractivity contribution in [1.29, 1.82) is 0 Å². The largest absolute Gasteiger partial charge is 1.00 e. The zero-order valence-electron chi connectivity index (χ0n) is 80.5. The number of urea groups is 2. The molecule has 5 aromatic rings. The number of aliphatic imine (C=N–C) groups is 1. The van der Waals surface area contributed by atoms with E-state index in [0.717, 1.165) is 205 Å². The number of nitrogens with zero attached hydrogens (tertiary/aromatic N) is 4. The average Bonchev–Trinajstić information content (AvgIpc) is 1.54. The molecule has 0 bridgehead atoms. The third-order valence-corrected chi connectivity index (χ3v) is 30.8. The molecule has 9 N–H and O–H groups in total. The van der Waals surface area contributed by atoms with E-state index in [1.165, 1.54) is 48.7 Å². The van der Waals surface area contributed by atoms with E-state index in [-0.39, 0.29) is 198 Å². The number of alkyl halides is 1. The van der Waals surface area contributed by atoms with Gasteiger partial charge in [0.05, 0.1) is 36.1 Å². The molecular weight excluding hydrogens is 1840 g/mol. The minimum absolute atomic E-state index is 0. The second-order valence-corrected chi connectivity index (χ2v) is 38.8. The minimum atomic E-state index is -0.913. The summed E-state index contributed by atoms with van der Waals surface area (Å²) in [6.45, 7) is 15.4. The molecule has 10 aliphatic carbocycles. The number of hydrogen-bond donors (Lipinski definition) is 7. The van der Waals surface area contributed by atoms with Crippen LogP contribution < -0.4 is 141 Å². The Morgan fingerprint density at radius 1 is 0.485 bits per heavy atom. The van der Waals surface area contributed by atoms with Crippen molar-refractivity contribution in [3.63, 3.8) is 0 Å². The Bertz CT molecular complexity index is 4900. The van der Waals surface area contributed by atoms with Gasteiger partial charge in [-0.1, -0.05) is 135 Å². The summed E-state index contributed by atoms with van der Waals surface area (Å²) in [6.07, 6.45) is 25.2. The van der Waals surface area contributed by atoms with E-state index in [1.807, 2.05) is 18.8 Å². The van der Waals surface area contributed by atoms with Crippen LogP contribution in [0.3, 0.4) is 0 Å². The summed E-state index contributed by atoms with van der Waals surface area (Å²) in [6, 6.07) is 31.2. The van der Waals surface area contributed by atoms with Crippen LogP contribution in [-0.4, -0.2) is 183 Å². The fourth-order valence-electron chi connectivity index (χ4n) is 23.7. The first-order valence-electron chi connectivity index (χ1n) is 44.6. The van der Waals surface area contributed by atoms with Gasteiger partial charge in [0.15, 0.2) is 39.0 Å². The Kier molecular flexibility index (Phi) is 36.9. The molecule has 19 rings (SSSR count). The van der Waals surface area contributed by atoms with E-state index in [1.54, 1.807) is 82.4 Å². The molecule has 4 heterocycles. The maximum absolute atomic E-state index is 13.4. The number of aryl methyl sites for hydroxylation is 5. The van der Waals surface area contributed by atoms with Gasteiger partial charge >= 0.3 is 115 Å². The van der Waals surface area contributed by atoms with Crippen LogP contribution in [0.2, 0.25) is 0 Å². The number of Topliss-reactive ketones (excluding diaryl/α,β-unsaturated/α-hetero) is 1. The maximum atomic E-state index is 13.4. The first kappa shape index (κ1) is 108. The summed E-state index contributed by atoms with van der Waals surface area (Å²) < 4.78 is 27.6. The van der Waals surface area contributed by atoms with E-state index in [9.17, 15) is 33.6 Å². The Hall–Kier alpha value is -5.43. The summed E-state index contributed by atoms with van der Waals surface area (Å²) >= 11 is 7.61. The normalized spacial score (nSPS) is 30.8. The predicted octanol–water partition coefficient (Wildman–Crippen LogP) is 6.73. The van der Waals surface area contributed by atoms with E-state index in [2.05, 4.69) is 171 Å². The van der Waals surface area contributed by atoms with Crippen molar-refractivity contribution in [1.82, 2.24) is 36.0 Å². The zero-order chi connectivity index (χ0) is 93.7. The molecule has 9 spiro atoms. The number of guanidine groups is 1. The molecule has 28 nitrogen and oxygen atoms in total. The Morgan fingerprint density at radius 3 is 1.12 bits per heavy atom. The number of halogens is 1. The second-order valence-electron chi connectivity index (χ2n) is 38.4. The van der Waals surface area contributed by atoms with Crippen molar-refractivity contribution in [3.05, 3.63) is 174 Å². The van der Waals surface area contributed by atoms with Gasteiger partial charge in [0.2, 0.25) is 6.41 Å². The molecule has 0 radical (unpaired) electrons. The third-order valence-electron chi connectivity index (χ3n) is 30.4. The van der Waals surface area contributed by atoms with E-state index in [0.29, 0.717) is 29.1 Å². The van der Waals surface area contributed by atoms with Gasteiger partial charge in [-0.25, -0.2) is 19.5 Å². The number of imide groups is 2. The van der Waals surface area contributed by atoms with E-state index >= 15 is 0 Å². The minimum Gasteiger partial charge on any atom is -1.00 e. The van der Waals surface area contributed by atoms with Crippen molar-refractivity contribution >= 4 is 100 Å². The number of ketones is 1. The molecule has 4 unspecified atom stereocenters. The molecule has 32 heteroatoms. The number of rotatable bonds is 6.